The Hall–Kier alpha value is -3.94. The number of hydrogen-bond donors (Lipinski definition) is 6. The molecule has 1 amide bonds. The number of nitrogens with two attached hydrogens (primary N) is 1. The Morgan fingerprint density at radius 2 is 1.88 bits per heavy atom. The van der Waals surface area contributed by atoms with E-state index in [2.05, 4.69) is 5.32 Å². The number of aliphatic hydroxyl groups is 3. The van der Waals surface area contributed by atoms with Crippen LogP contribution in [-0.2, 0) is 27.3 Å². The molecule has 41 heavy (non-hydrogen) atoms. The van der Waals surface area contributed by atoms with E-state index >= 15 is 4.39 Å². The normalized spacial score (nSPS) is 26.1. The molecular formula is C28H28F3N3O7. The van der Waals surface area contributed by atoms with E-state index in [1.807, 2.05) is 0 Å². The number of primary amides is 1. The lowest BCUT2D eigenvalue weighted by Gasteiger charge is -2.50. The fourth-order valence-electron chi connectivity index (χ4n) is 6.54. The van der Waals surface area contributed by atoms with E-state index < -0.39 is 88.2 Å². The van der Waals surface area contributed by atoms with Gasteiger partial charge in [-0.05, 0) is 44.5 Å². The number of alkyl halides is 2. The Morgan fingerprint density at radius 1 is 1.20 bits per heavy atom. The number of rotatable bonds is 6. The van der Waals surface area contributed by atoms with Crippen molar-refractivity contribution in [3.63, 3.8) is 0 Å². The summed E-state index contributed by atoms with van der Waals surface area (Å²) in [6.07, 6.45) is -2.95. The third-order valence-electron chi connectivity index (χ3n) is 8.32. The maximum atomic E-state index is 15.9. The Labute approximate surface area is 231 Å². The summed E-state index contributed by atoms with van der Waals surface area (Å²) < 4.78 is 40.9. The summed E-state index contributed by atoms with van der Waals surface area (Å²) in [6.45, 7) is -0.595. The maximum Gasteiger partial charge on any atom is 0.255 e. The second-order valence-corrected chi connectivity index (χ2v) is 10.9. The van der Waals surface area contributed by atoms with Gasteiger partial charge in [-0.1, -0.05) is 12.1 Å². The summed E-state index contributed by atoms with van der Waals surface area (Å²) in [7, 11) is 2.96. The smallest absolute Gasteiger partial charge is 0.255 e. The summed E-state index contributed by atoms with van der Waals surface area (Å²) in [5.74, 6) is -9.01. The van der Waals surface area contributed by atoms with Crippen LogP contribution in [0.25, 0.3) is 16.5 Å². The molecule has 218 valence electrons. The largest absolute Gasteiger partial charge is 0.508 e. The minimum Gasteiger partial charge on any atom is -0.508 e. The number of halogens is 3. The van der Waals surface area contributed by atoms with E-state index in [0.717, 1.165) is 0 Å². The number of nitrogens with zero attached hydrogens (tertiary/aromatic N) is 1. The lowest BCUT2D eigenvalue weighted by atomic mass is 9.57. The number of nitrogens with one attached hydrogen (secondary N) is 1. The zero-order chi connectivity index (χ0) is 30.1. The molecule has 4 atom stereocenters. The Kier molecular flexibility index (Phi) is 6.87. The number of phenols is 1. The van der Waals surface area contributed by atoms with E-state index in [9.17, 15) is 43.6 Å². The first-order valence-electron chi connectivity index (χ1n) is 12.8. The molecule has 0 bridgehead atoms. The van der Waals surface area contributed by atoms with Gasteiger partial charge in [0, 0.05) is 34.4 Å². The predicted octanol–water partition coefficient (Wildman–Crippen LogP) is 1.61. The molecule has 0 spiro atoms. The molecule has 3 aliphatic carbocycles. The molecule has 0 radical (unpaired) electrons. The topological polar surface area (TPSA) is 173 Å². The Balaban J connectivity index is 1.68. The molecule has 0 aromatic heterocycles. The minimum atomic E-state index is -2.81. The van der Waals surface area contributed by atoms with Crippen LogP contribution in [0.5, 0.6) is 5.75 Å². The standard InChI is InChI=1S/C28H28F3N3O7/c1-34(2)21-15-7-11-6-14-18(22(35)13-5-10(8-33-9-16(29)30)3-4-12(13)20(14)31)23(36)17(11)25(38)28(15,41)26(39)19(24(21)37)27(32)40/h3-5,11,15-16,21,33,35-36,39,41H,6-9H2,1-2H3,(H2,32,40)/t11-,15-,21-,28-/m0/s1. The lowest BCUT2D eigenvalue weighted by molar-refractivity contribution is -0.153. The molecule has 5 rings (SSSR count). The van der Waals surface area contributed by atoms with Gasteiger partial charge in [-0.15, -0.1) is 0 Å². The van der Waals surface area contributed by atoms with Crippen LogP contribution in [0.3, 0.4) is 0 Å². The van der Waals surface area contributed by atoms with Gasteiger partial charge in [0.2, 0.25) is 5.78 Å². The van der Waals surface area contributed by atoms with Crippen molar-refractivity contribution >= 4 is 34.0 Å². The van der Waals surface area contributed by atoms with E-state index in [0.29, 0.717) is 5.56 Å². The average molecular weight is 576 g/mol. The molecule has 1 saturated carbocycles. The maximum absolute atomic E-state index is 15.9. The molecule has 10 nitrogen and oxygen atoms in total. The van der Waals surface area contributed by atoms with Crippen LogP contribution in [0.4, 0.5) is 13.2 Å². The zero-order valence-corrected chi connectivity index (χ0v) is 22.0. The van der Waals surface area contributed by atoms with Crippen LogP contribution >= 0.6 is 0 Å². The zero-order valence-electron chi connectivity index (χ0n) is 22.0. The van der Waals surface area contributed by atoms with Crippen LogP contribution in [0.2, 0.25) is 0 Å². The number of carbonyl (C=O) groups excluding carboxylic acids is 3. The van der Waals surface area contributed by atoms with Crippen LogP contribution in [0.15, 0.2) is 35.1 Å². The molecule has 2 aromatic rings. The highest BCUT2D eigenvalue weighted by molar-refractivity contribution is 6.24. The van der Waals surface area contributed by atoms with Crippen molar-refractivity contribution in [2.75, 3.05) is 20.6 Å². The van der Waals surface area contributed by atoms with Crippen molar-refractivity contribution in [1.82, 2.24) is 10.2 Å². The number of phenolic OH excluding ortho intramolecular Hbond substituents is 1. The van der Waals surface area contributed by atoms with Crippen LogP contribution in [0, 0.1) is 17.7 Å². The molecule has 1 fully saturated rings. The first-order valence-corrected chi connectivity index (χ1v) is 12.8. The Bertz CT molecular complexity index is 1590. The number of Topliss-reactive ketones (excluding diaryl/α,β-unsaturated/α-hetero) is 2. The van der Waals surface area contributed by atoms with Crippen LogP contribution < -0.4 is 11.1 Å². The van der Waals surface area contributed by atoms with Crippen molar-refractivity contribution in [3.8, 4) is 5.75 Å². The quantitative estimate of drug-likeness (QED) is 0.280. The highest BCUT2D eigenvalue weighted by Gasteiger charge is 2.64. The van der Waals surface area contributed by atoms with E-state index in [1.54, 1.807) is 0 Å². The number of amides is 1. The number of hydrogen-bond acceptors (Lipinski definition) is 9. The minimum absolute atomic E-state index is 0.000518. The average Bonchev–Trinajstić information content (AvgIpc) is 2.88. The van der Waals surface area contributed by atoms with E-state index in [1.165, 1.54) is 37.2 Å². The van der Waals surface area contributed by atoms with Crippen molar-refractivity contribution < 1.29 is 48.0 Å². The molecule has 2 aromatic carbocycles. The fraction of sp³-hybridized carbons (Fsp3) is 0.393. The molecule has 0 unspecified atom stereocenters. The first kappa shape index (κ1) is 28.6. The molecule has 3 aliphatic rings. The third-order valence-corrected chi connectivity index (χ3v) is 8.32. The number of carbonyl (C=O) groups is 3. The Morgan fingerprint density at radius 3 is 2.49 bits per heavy atom. The van der Waals surface area contributed by atoms with Gasteiger partial charge in [0.25, 0.3) is 12.3 Å². The molecule has 13 heteroatoms. The summed E-state index contributed by atoms with van der Waals surface area (Å²) in [5.41, 5.74) is 1.13. The second-order valence-electron chi connectivity index (χ2n) is 10.9. The van der Waals surface area contributed by atoms with E-state index in [4.69, 9.17) is 5.73 Å². The number of benzene rings is 2. The predicted molar refractivity (Wildman–Crippen MR) is 139 cm³/mol. The second kappa shape index (κ2) is 9.86. The van der Waals surface area contributed by atoms with Gasteiger partial charge in [0.15, 0.2) is 11.4 Å². The van der Waals surface area contributed by atoms with Gasteiger partial charge >= 0.3 is 0 Å². The number of aromatic hydroxyl groups is 1. The van der Waals surface area contributed by atoms with Crippen molar-refractivity contribution in [3.05, 3.63) is 57.6 Å². The highest BCUT2D eigenvalue weighted by atomic mass is 19.3. The summed E-state index contributed by atoms with van der Waals surface area (Å²) >= 11 is 0. The fourth-order valence-corrected chi connectivity index (χ4v) is 6.54. The van der Waals surface area contributed by atoms with Gasteiger partial charge in [0.1, 0.15) is 28.7 Å². The first-order chi connectivity index (χ1) is 19.2. The van der Waals surface area contributed by atoms with Gasteiger partial charge < -0.3 is 31.5 Å². The molecular weight excluding hydrogens is 547 g/mol. The number of likely N-dealkylation sites (N-methyl/N-ethyl adjacent to an activating group) is 1. The van der Waals surface area contributed by atoms with Gasteiger partial charge in [-0.2, -0.15) is 0 Å². The molecule has 0 saturated heterocycles. The summed E-state index contributed by atoms with van der Waals surface area (Å²) in [4.78, 5) is 40.5. The van der Waals surface area contributed by atoms with Crippen LogP contribution in [0.1, 0.15) is 23.1 Å². The summed E-state index contributed by atoms with van der Waals surface area (Å²) in [6, 6.07) is 3.00. The number of ketones is 2. The SMILES string of the molecule is CN(C)[C@@H]1C(=O)C(C(N)=O)=C(O)[C@@]2(O)C(=O)C3=C(O)c4c(c(F)c5ccc(CNCC(F)F)cc5c4O)C[C@H]3C[C@@H]12. The van der Waals surface area contributed by atoms with Gasteiger partial charge in [0.05, 0.1) is 18.2 Å². The monoisotopic (exact) mass is 575 g/mol. The molecule has 7 N–H and O–H groups in total. The molecule has 0 aliphatic heterocycles. The van der Waals surface area contributed by atoms with Gasteiger partial charge in [-0.25, -0.2) is 13.2 Å². The number of aliphatic hydroxyl groups excluding tert-OH is 2. The van der Waals surface area contributed by atoms with Crippen LogP contribution in [-0.4, -0.2) is 81.5 Å². The highest BCUT2D eigenvalue weighted by Crippen LogP contribution is 2.53. The van der Waals surface area contributed by atoms with Crippen molar-refractivity contribution in [1.29, 1.82) is 0 Å². The lowest BCUT2D eigenvalue weighted by Crippen LogP contribution is -2.65. The van der Waals surface area contributed by atoms with Crippen molar-refractivity contribution in [2.24, 2.45) is 17.6 Å². The number of fused-ring (bicyclic) bond motifs is 4. The third kappa shape index (κ3) is 4.10. The van der Waals surface area contributed by atoms with E-state index in [-0.39, 0.29) is 41.3 Å². The van der Waals surface area contributed by atoms with Crippen molar-refractivity contribution in [2.45, 2.75) is 37.5 Å². The summed E-state index contributed by atoms with van der Waals surface area (Å²) in [5, 5.41) is 47.5. The molecule has 0 heterocycles. The van der Waals surface area contributed by atoms with Gasteiger partial charge in [-0.3, -0.25) is 19.3 Å².